The number of ether oxygens (including phenoxy) is 1. The Morgan fingerprint density at radius 2 is 2.14 bits per heavy atom. The summed E-state index contributed by atoms with van der Waals surface area (Å²) >= 11 is 0. The zero-order valence-electron chi connectivity index (χ0n) is 7.10. The molecule has 0 aliphatic heterocycles. The van der Waals surface area contributed by atoms with Gasteiger partial charge in [-0.3, -0.25) is 4.98 Å². The predicted molar refractivity (Wildman–Crippen MR) is 43.9 cm³/mol. The third kappa shape index (κ3) is 2.25. The Morgan fingerprint density at radius 1 is 1.50 bits per heavy atom. The number of halogens is 1. The van der Waals surface area contributed by atoms with Gasteiger partial charge < -0.3 is 4.74 Å². The molecular formula is C7H6FNO4S. The third-order valence-electron chi connectivity index (χ3n) is 1.42. The van der Waals surface area contributed by atoms with Gasteiger partial charge in [0.05, 0.1) is 12.7 Å². The molecule has 0 aliphatic rings. The summed E-state index contributed by atoms with van der Waals surface area (Å²) in [7, 11) is -3.71. The van der Waals surface area contributed by atoms with E-state index in [1.807, 2.05) is 0 Å². The molecule has 1 aromatic rings. The lowest BCUT2D eigenvalue weighted by Crippen LogP contribution is -2.03. The van der Waals surface area contributed by atoms with Crippen LogP contribution in [0.1, 0.15) is 10.4 Å². The van der Waals surface area contributed by atoms with E-state index in [-0.39, 0.29) is 5.56 Å². The molecule has 7 heteroatoms. The Bertz CT molecular complexity index is 457. The number of pyridine rings is 1. The summed E-state index contributed by atoms with van der Waals surface area (Å²) in [5, 5.41) is 0. The standard InChI is InChI=1S/C7H6FNO4S/c1-13-7(10)5-2-6(4-9-3-5)14(8,11)12/h2-4H,1H3. The van der Waals surface area contributed by atoms with Crippen molar-refractivity contribution in [3.63, 3.8) is 0 Å². The Labute approximate surface area is 79.7 Å². The van der Waals surface area contributed by atoms with E-state index in [1.54, 1.807) is 0 Å². The van der Waals surface area contributed by atoms with Gasteiger partial charge in [0.1, 0.15) is 4.90 Å². The first-order chi connectivity index (χ1) is 6.45. The molecule has 1 rings (SSSR count). The zero-order valence-corrected chi connectivity index (χ0v) is 7.91. The van der Waals surface area contributed by atoms with Crippen LogP contribution in [0.4, 0.5) is 3.89 Å². The van der Waals surface area contributed by atoms with Crippen LogP contribution in [0.15, 0.2) is 23.4 Å². The Morgan fingerprint density at radius 3 is 2.64 bits per heavy atom. The van der Waals surface area contributed by atoms with Gasteiger partial charge in [-0.15, -0.1) is 3.89 Å². The summed E-state index contributed by atoms with van der Waals surface area (Å²) in [5.74, 6) is -0.775. The number of nitrogens with zero attached hydrogens (tertiary/aromatic N) is 1. The average molecular weight is 219 g/mol. The van der Waals surface area contributed by atoms with Gasteiger partial charge in [-0.05, 0) is 6.07 Å². The lowest BCUT2D eigenvalue weighted by Gasteiger charge is -1.99. The molecule has 0 aliphatic carbocycles. The van der Waals surface area contributed by atoms with Gasteiger partial charge in [0, 0.05) is 12.4 Å². The van der Waals surface area contributed by atoms with E-state index >= 15 is 0 Å². The highest BCUT2D eigenvalue weighted by Gasteiger charge is 2.15. The number of hydrogen-bond acceptors (Lipinski definition) is 5. The fourth-order valence-corrected chi connectivity index (χ4v) is 1.24. The number of rotatable bonds is 2. The maximum atomic E-state index is 12.4. The van der Waals surface area contributed by atoms with Crippen molar-refractivity contribution in [3.8, 4) is 0 Å². The molecule has 0 amide bonds. The van der Waals surface area contributed by atoms with Crippen molar-refractivity contribution in [3.05, 3.63) is 24.0 Å². The van der Waals surface area contributed by atoms with Crippen molar-refractivity contribution in [2.45, 2.75) is 4.90 Å². The van der Waals surface area contributed by atoms with Crippen LogP contribution in [0.5, 0.6) is 0 Å². The fourth-order valence-electron chi connectivity index (χ4n) is 0.782. The van der Waals surface area contributed by atoms with Gasteiger partial charge in [0.15, 0.2) is 0 Å². The molecule has 0 saturated heterocycles. The van der Waals surface area contributed by atoms with Crippen LogP contribution in [0.2, 0.25) is 0 Å². The van der Waals surface area contributed by atoms with Gasteiger partial charge in [-0.25, -0.2) is 4.79 Å². The first kappa shape index (κ1) is 10.6. The van der Waals surface area contributed by atoms with Gasteiger partial charge in [-0.2, -0.15) is 8.42 Å². The Kier molecular flexibility index (Phi) is 2.80. The molecular weight excluding hydrogens is 213 g/mol. The Hall–Kier alpha value is -1.50. The SMILES string of the molecule is COC(=O)c1cncc(S(=O)(=O)F)c1. The fraction of sp³-hybridized carbons (Fsp3) is 0.143. The third-order valence-corrected chi connectivity index (χ3v) is 2.20. The van der Waals surface area contributed by atoms with Crippen LogP contribution in [-0.2, 0) is 15.0 Å². The van der Waals surface area contributed by atoms with Crippen molar-refractivity contribution >= 4 is 16.2 Å². The maximum Gasteiger partial charge on any atom is 0.339 e. The summed E-state index contributed by atoms with van der Waals surface area (Å²) in [6, 6.07) is 0.855. The summed E-state index contributed by atoms with van der Waals surface area (Å²) in [6.07, 6.45) is 1.89. The molecule has 76 valence electrons. The number of hydrogen-bond donors (Lipinski definition) is 0. The second kappa shape index (κ2) is 3.70. The Balaban J connectivity index is 3.21. The monoisotopic (exact) mass is 219 g/mol. The lowest BCUT2D eigenvalue weighted by molar-refractivity contribution is 0.0600. The topological polar surface area (TPSA) is 73.3 Å². The highest BCUT2D eigenvalue weighted by atomic mass is 32.3. The predicted octanol–water partition coefficient (Wildman–Crippen LogP) is 0.526. The van der Waals surface area contributed by atoms with E-state index in [9.17, 15) is 17.1 Å². The number of carbonyl (C=O) groups is 1. The second-order valence-corrected chi connectivity index (χ2v) is 3.69. The van der Waals surface area contributed by atoms with Crippen molar-refractivity contribution < 1.29 is 21.8 Å². The number of aromatic nitrogens is 1. The van der Waals surface area contributed by atoms with E-state index in [2.05, 4.69) is 9.72 Å². The van der Waals surface area contributed by atoms with Crippen LogP contribution in [-0.4, -0.2) is 26.5 Å². The van der Waals surface area contributed by atoms with E-state index in [1.165, 1.54) is 0 Å². The van der Waals surface area contributed by atoms with Crippen LogP contribution in [0, 0.1) is 0 Å². The van der Waals surface area contributed by atoms with Crippen molar-refractivity contribution in [1.82, 2.24) is 4.98 Å². The minimum Gasteiger partial charge on any atom is -0.465 e. The number of esters is 1. The maximum absolute atomic E-state index is 12.4. The molecule has 0 unspecified atom stereocenters. The van der Waals surface area contributed by atoms with Gasteiger partial charge in [-0.1, -0.05) is 0 Å². The molecule has 5 nitrogen and oxygen atoms in total. The van der Waals surface area contributed by atoms with E-state index in [0.29, 0.717) is 0 Å². The molecule has 14 heavy (non-hydrogen) atoms. The van der Waals surface area contributed by atoms with Crippen molar-refractivity contribution in [2.75, 3.05) is 7.11 Å². The summed E-state index contributed by atoms with van der Waals surface area (Å²) in [6.45, 7) is 0. The first-order valence-corrected chi connectivity index (χ1v) is 4.81. The van der Waals surface area contributed by atoms with Crippen LogP contribution in [0.25, 0.3) is 0 Å². The largest absolute Gasteiger partial charge is 0.465 e. The first-order valence-electron chi connectivity index (χ1n) is 3.43. The smallest absolute Gasteiger partial charge is 0.339 e. The van der Waals surface area contributed by atoms with Crippen molar-refractivity contribution in [2.24, 2.45) is 0 Å². The van der Waals surface area contributed by atoms with Gasteiger partial charge in [0.2, 0.25) is 0 Å². The molecule has 0 saturated carbocycles. The van der Waals surface area contributed by atoms with Crippen LogP contribution in [0.3, 0.4) is 0 Å². The van der Waals surface area contributed by atoms with E-state index < -0.39 is 21.1 Å². The number of methoxy groups -OCH3 is 1. The molecule has 0 N–H and O–H groups in total. The second-order valence-electron chi connectivity index (χ2n) is 2.34. The molecule has 0 spiro atoms. The van der Waals surface area contributed by atoms with E-state index in [0.717, 1.165) is 25.6 Å². The molecule has 1 aromatic heterocycles. The molecule has 0 fully saturated rings. The van der Waals surface area contributed by atoms with Gasteiger partial charge in [0.25, 0.3) is 0 Å². The lowest BCUT2D eigenvalue weighted by atomic mass is 10.3. The molecule has 0 aromatic carbocycles. The zero-order chi connectivity index (χ0) is 10.8. The van der Waals surface area contributed by atoms with Crippen LogP contribution < -0.4 is 0 Å². The molecule has 1 heterocycles. The summed E-state index contributed by atoms with van der Waals surface area (Å²) < 4.78 is 37.6. The van der Waals surface area contributed by atoms with Crippen LogP contribution >= 0.6 is 0 Å². The minimum atomic E-state index is -4.84. The van der Waals surface area contributed by atoms with Gasteiger partial charge >= 0.3 is 16.2 Å². The quantitative estimate of drug-likeness (QED) is 0.535. The minimum absolute atomic E-state index is 0.119. The van der Waals surface area contributed by atoms with E-state index in [4.69, 9.17) is 0 Å². The molecule has 0 radical (unpaired) electrons. The molecule has 0 bridgehead atoms. The number of carbonyl (C=O) groups excluding carboxylic acids is 1. The molecule has 0 atom stereocenters. The van der Waals surface area contributed by atoms with Crippen molar-refractivity contribution in [1.29, 1.82) is 0 Å². The summed E-state index contributed by atoms with van der Waals surface area (Å²) in [4.78, 5) is 13.6. The average Bonchev–Trinajstić information content (AvgIpc) is 2.15. The highest BCUT2D eigenvalue weighted by molar-refractivity contribution is 7.86. The summed E-state index contributed by atoms with van der Waals surface area (Å²) in [5.41, 5.74) is -0.119. The highest BCUT2D eigenvalue weighted by Crippen LogP contribution is 2.12. The normalized spacial score (nSPS) is 11.0.